The van der Waals surface area contributed by atoms with Crippen molar-refractivity contribution in [1.29, 1.82) is 0 Å². The largest absolute Gasteiger partial charge is 0.496 e. The highest BCUT2D eigenvalue weighted by atomic mass is 19.1. The van der Waals surface area contributed by atoms with Crippen LogP contribution in [-0.4, -0.2) is 49.1 Å². The Morgan fingerprint density at radius 3 is 2.51 bits per heavy atom. The van der Waals surface area contributed by atoms with Gasteiger partial charge in [-0.05, 0) is 54.3 Å². The SMILES string of the molecule is COc1cc(-c2ccc(F)cc2F)cc2c1C(C)CC=C(c1cccnc1)N=C2N1CC(OC)C1. The fourth-order valence-electron chi connectivity index (χ4n) is 4.69. The van der Waals surface area contributed by atoms with Crippen molar-refractivity contribution in [3.8, 4) is 16.9 Å². The van der Waals surface area contributed by atoms with Crippen molar-refractivity contribution in [2.45, 2.75) is 25.4 Å². The number of benzene rings is 2. The second-order valence-corrected chi connectivity index (χ2v) is 8.93. The average Bonchev–Trinajstić information content (AvgIpc) is 2.83. The molecule has 7 heteroatoms. The Hall–Kier alpha value is -3.58. The summed E-state index contributed by atoms with van der Waals surface area (Å²) >= 11 is 0. The number of hydrogen-bond donors (Lipinski definition) is 0. The van der Waals surface area contributed by atoms with Crippen molar-refractivity contribution in [1.82, 2.24) is 9.88 Å². The molecule has 0 amide bonds. The van der Waals surface area contributed by atoms with Crippen LogP contribution in [0.2, 0.25) is 0 Å². The lowest BCUT2D eigenvalue weighted by Crippen LogP contribution is -2.54. The molecular weight excluding hydrogens is 448 g/mol. The van der Waals surface area contributed by atoms with Gasteiger partial charge in [-0.15, -0.1) is 0 Å². The van der Waals surface area contributed by atoms with E-state index >= 15 is 0 Å². The number of fused-ring (bicyclic) bond motifs is 1. The first-order valence-electron chi connectivity index (χ1n) is 11.6. The molecule has 0 N–H and O–H groups in total. The molecule has 35 heavy (non-hydrogen) atoms. The molecule has 5 nitrogen and oxygen atoms in total. The maximum atomic E-state index is 14.8. The normalized spacial score (nSPS) is 18.1. The number of amidine groups is 1. The van der Waals surface area contributed by atoms with Crippen LogP contribution in [0, 0.1) is 11.6 Å². The van der Waals surface area contributed by atoms with Crippen molar-refractivity contribution in [2.75, 3.05) is 27.3 Å². The predicted octanol–water partition coefficient (Wildman–Crippen LogP) is 5.66. The lowest BCUT2D eigenvalue weighted by Gasteiger charge is -2.41. The number of allylic oxidation sites excluding steroid dienone is 1. The Kier molecular flexibility index (Phi) is 6.34. The number of aliphatic imine (C=N–C) groups is 1. The average molecular weight is 476 g/mol. The highest BCUT2D eigenvalue weighted by Crippen LogP contribution is 2.40. The van der Waals surface area contributed by atoms with Crippen LogP contribution in [0.1, 0.15) is 36.0 Å². The number of halogens is 2. The molecule has 0 bridgehead atoms. The number of pyridine rings is 1. The zero-order chi connectivity index (χ0) is 24.5. The van der Waals surface area contributed by atoms with Crippen LogP contribution in [-0.2, 0) is 4.74 Å². The third-order valence-corrected chi connectivity index (χ3v) is 6.67. The van der Waals surface area contributed by atoms with Crippen molar-refractivity contribution in [2.24, 2.45) is 4.99 Å². The van der Waals surface area contributed by atoms with Crippen molar-refractivity contribution in [3.63, 3.8) is 0 Å². The van der Waals surface area contributed by atoms with E-state index in [1.807, 2.05) is 24.3 Å². The number of ether oxygens (including phenoxy) is 2. The number of methoxy groups -OCH3 is 2. The summed E-state index contributed by atoms with van der Waals surface area (Å²) in [6, 6.07) is 11.3. The van der Waals surface area contributed by atoms with Gasteiger partial charge in [-0.1, -0.05) is 13.0 Å². The summed E-state index contributed by atoms with van der Waals surface area (Å²) in [4.78, 5) is 11.6. The molecule has 1 unspecified atom stereocenters. The van der Waals surface area contributed by atoms with E-state index in [-0.39, 0.29) is 12.0 Å². The van der Waals surface area contributed by atoms with E-state index < -0.39 is 11.6 Å². The van der Waals surface area contributed by atoms with E-state index in [2.05, 4.69) is 22.9 Å². The number of rotatable bonds is 4. The molecule has 2 aliphatic heterocycles. The minimum atomic E-state index is -0.622. The molecule has 1 aromatic heterocycles. The molecule has 0 spiro atoms. The Labute approximate surface area is 203 Å². The molecular formula is C28H27F2N3O2. The van der Waals surface area contributed by atoms with Gasteiger partial charge in [-0.3, -0.25) is 4.98 Å². The first-order valence-corrected chi connectivity index (χ1v) is 11.6. The van der Waals surface area contributed by atoms with Crippen molar-refractivity contribution >= 4 is 11.5 Å². The van der Waals surface area contributed by atoms with E-state index in [0.29, 0.717) is 30.0 Å². The number of likely N-dealkylation sites (tertiary alicyclic amines) is 1. The van der Waals surface area contributed by atoms with Gasteiger partial charge < -0.3 is 14.4 Å². The molecule has 5 rings (SSSR count). The van der Waals surface area contributed by atoms with Gasteiger partial charge in [0.05, 0.1) is 18.9 Å². The van der Waals surface area contributed by atoms with E-state index in [9.17, 15) is 8.78 Å². The Morgan fingerprint density at radius 1 is 1.00 bits per heavy atom. The molecule has 180 valence electrons. The molecule has 1 atom stereocenters. The fraction of sp³-hybridized carbons (Fsp3) is 0.286. The van der Waals surface area contributed by atoms with Crippen LogP contribution >= 0.6 is 0 Å². The van der Waals surface area contributed by atoms with Crippen LogP contribution in [0.25, 0.3) is 16.8 Å². The first-order chi connectivity index (χ1) is 17.0. The van der Waals surface area contributed by atoms with E-state index in [4.69, 9.17) is 14.5 Å². The summed E-state index contributed by atoms with van der Waals surface area (Å²) in [5, 5.41) is 0. The highest BCUT2D eigenvalue weighted by molar-refractivity contribution is 6.05. The van der Waals surface area contributed by atoms with Crippen LogP contribution in [0.15, 0.2) is 65.9 Å². The highest BCUT2D eigenvalue weighted by Gasteiger charge is 2.33. The summed E-state index contributed by atoms with van der Waals surface area (Å²) in [5.74, 6) is 0.311. The zero-order valence-corrected chi connectivity index (χ0v) is 20.0. The van der Waals surface area contributed by atoms with Crippen molar-refractivity contribution in [3.05, 3.63) is 89.3 Å². The Bertz CT molecular complexity index is 1300. The zero-order valence-electron chi connectivity index (χ0n) is 20.0. The van der Waals surface area contributed by atoms with Gasteiger partial charge in [-0.25, -0.2) is 13.8 Å². The minimum absolute atomic E-state index is 0.115. The molecule has 0 aliphatic carbocycles. The third-order valence-electron chi connectivity index (χ3n) is 6.67. The lowest BCUT2D eigenvalue weighted by molar-refractivity contribution is 0.00611. The molecule has 0 saturated carbocycles. The molecule has 3 heterocycles. The summed E-state index contributed by atoms with van der Waals surface area (Å²) in [6.45, 7) is 3.54. The van der Waals surface area contributed by atoms with Gasteiger partial charge in [0.25, 0.3) is 0 Å². The second-order valence-electron chi connectivity index (χ2n) is 8.93. The van der Waals surface area contributed by atoms with Gasteiger partial charge in [0.15, 0.2) is 0 Å². The quantitative estimate of drug-likeness (QED) is 0.489. The summed E-state index contributed by atoms with van der Waals surface area (Å²) in [7, 11) is 3.32. The minimum Gasteiger partial charge on any atom is -0.496 e. The van der Waals surface area contributed by atoms with E-state index in [1.54, 1.807) is 26.6 Å². The van der Waals surface area contributed by atoms with Gasteiger partial charge in [0.2, 0.25) is 0 Å². The van der Waals surface area contributed by atoms with Gasteiger partial charge >= 0.3 is 0 Å². The van der Waals surface area contributed by atoms with Crippen LogP contribution in [0.5, 0.6) is 5.75 Å². The Morgan fingerprint density at radius 2 is 1.83 bits per heavy atom. The van der Waals surface area contributed by atoms with Gasteiger partial charge in [-0.2, -0.15) is 0 Å². The van der Waals surface area contributed by atoms with Crippen LogP contribution in [0.3, 0.4) is 0 Å². The Balaban J connectivity index is 1.72. The number of aromatic nitrogens is 1. The summed E-state index contributed by atoms with van der Waals surface area (Å²) in [6.07, 6.45) is 6.54. The maximum absolute atomic E-state index is 14.8. The smallest absolute Gasteiger partial charge is 0.137 e. The van der Waals surface area contributed by atoms with Crippen LogP contribution in [0.4, 0.5) is 8.78 Å². The van der Waals surface area contributed by atoms with Crippen LogP contribution < -0.4 is 4.74 Å². The molecule has 1 fully saturated rings. The van der Waals surface area contributed by atoms with Crippen molar-refractivity contribution < 1.29 is 18.3 Å². The van der Waals surface area contributed by atoms with Gasteiger partial charge in [0, 0.05) is 60.9 Å². The maximum Gasteiger partial charge on any atom is 0.137 e. The first kappa shape index (κ1) is 23.2. The third kappa shape index (κ3) is 4.44. The van der Waals surface area contributed by atoms with E-state index in [1.165, 1.54) is 12.1 Å². The molecule has 3 aromatic rings. The molecule has 2 aromatic carbocycles. The number of hydrogen-bond acceptors (Lipinski definition) is 5. The molecule has 2 aliphatic rings. The number of nitrogens with zero attached hydrogens (tertiary/aromatic N) is 3. The monoisotopic (exact) mass is 475 g/mol. The molecule has 1 saturated heterocycles. The second kappa shape index (κ2) is 9.58. The lowest BCUT2D eigenvalue weighted by atomic mass is 9.86. The van der Waals surface area contributed by atoms with Gasteiger partial charge in [0.1, 0.15) is 23.2 Å². The predicted molar refractivity (Wildman–Crippen MR) is 132 cm³/mol. The summed E-state index contributed by atoms with van der Waals surface area (Å²) in [5.41, 5.74) is 4.57. The standard InChI is InChI=1S/C28H27F2N3O2/c1-17-6-9-25(18-5-4-10-31-14-18)32-28(33-15-21(16-33)34-2)23-11-19(12-26(35-3)27(17)23)22-8-7-20(29)13-24(22)30/h4-5,7-14,17,21H,6,15-16H2,1-3H3. The summed E-state index contributed by atoms with van der Waals surface area (Å²) < 4.78 is 39.7. The topological polar surface area (TPSA) is 47.0 Å². The van der Waals surface area contributed by atoms with E-state index in [0.717, 1.165) is 40.7 Å². The fourth-order valence-corrected chi connectivity index (χ4v) is 4.69. The molecule has 0 radical (unpaired) electrons.